The summed E-state index contributed by atoms with van der Waals surface area (Å²) in [5.74, 6) is 0.927. The largest absolute Gasteiger partial charge is 0.378 e. The molecule has 77 valence electrons. The molecule has 4 heteroatoms. The Morgan fingerprint density at radius 2 is 2.27 bits per heavy atom. The number of benzene rings is 1. The first kappa shape index (κ1) is 8.73. The summed E-state index contributed by atoms with van der Waals surface area (Å²) >= 11 is 0. The fourth-order valence-electron chi connectivity index (χ4n) is 1.80. The van der Waals surface area contributed by atoms with Gasteiger partial charge in [-0.25, -0.2) is 4.98 Å². The number of hydrogen-bond donors (Lipinski definition) is 1. The molecule has 0 aliphatic carbocycles. The predicted molar refractivity (Wildman–Crippen MR) is 58.0 cm³/mol. The molecule has 2 aromatic rings. The second-order valence-corrected chi connectivity index (χ2v) is 3.59. The summed E-state index contributed by atoms with van der Waals surface area (Å²) in [5, 5.41) is 0. The molecule has 15 heavy (non-hydrogen) atoms. The van der Waals surface area contributed by atoms with Crippen molar-refractivity contribution >= 4 is 17.0 Å². The van der Waals surface area contributed by atoms with Gasteiger partial charge in [0.25, 0.3) is 0 Å². The third-order valence-corrected chi connectivity index (χ3v) is 2.61. The van der Waals surface area contributed by atoms with Crippen molar-refractivity contribution in [3.8, 4) is 0 Å². The molecule has 0 atom stereocenters. The molecule has 4 nitrogen and oxygen atoms in total. The van der Waals surface area contributed by atoms with Gasteiger partial charge in [0, 0.05) is 19.2 Å². The number of para-hydroxylation sites is 1. The second kappa shape index (κ2) is 3.55. The van der Waals surface area contributed by atoms with Crippen molar-refractivity contribution in [2.24, 2.45) is 0 Å². The molecule has 0 spiro atoms. The van der Waals surface area contributed by atoms with Gasteiger partial charge in [-0.05, 0) is 6.07 Å². The number of hydrogen-bond acceptors (Lipinski definition) is 3. The third-order valence-electron chi connectivity index (χ3n) is 2.61. The van der Waals surface area contributed by atoms with Gasteiger partial charge in [-0.3, -0.25) is 0 Å². The number of morpholine rings is 1. The Bertz CT molecular complexity index is 427. The zero-order chi connectivity index (χ0) is 10.1. The summed E-state index contributed by atoms with van der Waals surface area (Å²) in [4.78, 5) is 9.99. The lowest BCUT2D eigenvalue weighted by molar-refractivity contribution is 0.122. The van der Waals surface area contributed by atoms with Crippen LogP contribution in [0.4, 0.5) is 5.95 Å². The first-order valence-electron chi connectivity index (χ1n) is 5.12. The van der Waals surface area contributed by atoms with Crippen molar-refractivity contribution in [2.75, 3.05) is 31.2 Å². The molecule has 1 aliphatic rings. The third kappa shape index (κ3) is 1.57. The number of anilines is 1. The summed E-state index contributed by atoms with van der Waals surface area (Å²) in [6.07, 6.45) is 0. The topological polar surface area (TPSA) is 41.2 Å². The lowest BCUT2D eigenvalue weighted by Gasteiger charge is -2.26. The van der Waals surface area contributed by atoms with Crippen molar-refractivity contribution in [3.63, 3.8) is 0 Å². The fraction of sp³-hybridized carbons (Fsp3) is 0.364. The predicted octanol–water partition coefficient (Wildman–Crippen LogP) is 1.20. The van der Waals surface area contributed by atoms with Crippen LogP contribution in [0.25, 0.3) is 11.0 Å². The molecule has 1 radical (unpaired) electrons. The van der Waals surface area contributed by atoms with Crippen LogP contribution in [-0.4, -0.2) is 36.3 Å². The number of H-pyrrole nitrogens is 1. The van der Waals surface area contributed by atoms with E-state index in [4.69, 9.17) is 4.74 Å². The molecular formula is C11H12N3O. The van der Waals surface area contributed by atoms with Crippen LogP contribution in [0.2, 0.25) is 0 Å². The van der Waals surface area contributed by atoms with E-state index in [1.807, 2.05) is 18.2 Å². The molecule has 3 rings (SSSR count). The van der Waals surface area contributed by atoms with Crippen molar-refractivity contribution in [1.82, 2.24) is 9.97 Å². The summed E-state index contributed by atoms with van der Waals surface area (Å²) in [5.41, 5.74) is 1.94. The van der Waals surface area contributed by atoms with E-state index in [9.17, 15) is 0 Å². The number of rotatable bonds is 1. The van der Waals surface area contributed by atoms with Gasteiger partial charge in [0.15, 0.2) is 0 Å². The van der Waals surface area contributed by atoms with E-state index < -0.39 is 0 Å². The van der Waals surface area contributed by atoms with Crippen LogP contribution >= 0.6 is 0 Å². The number of nitrogens with one attached hydrogen (secondary N) is 1. The van der Waals surface area contributed by atoms with Gasteiger partial charge >= 0.3 is 0 Å². The quantitative estimate of drug-likeness (QED) is 0.755. The van der Waals surface area contributed by atoms with E-state index in [1.165, 1.54) is 0 Å². The monoisotopic (exact) mass is 202 g/mol. The maximum Gasteiger partial charge on any atom is 0.204 e. The van der Waals surface area contributed by atoms with E-state index in [0.29, 0.717) is 0 Å². The highest BCUT2D eigenvalue weighted by Gasteiger charge is 2.14. The number of nitrogens with zero attached hydrogens (tertiary/aromatic N) is 2. The van der Waals surface area contributed by atoms with Gasteiger partial charge in [-0.2, -0.15) is 0 Å². The average Bonchev–Trinajstić information content (AvgIpc) is 2.74. The molecule has 1 aliphatic heterocycles. The second-order valence-electron chi connectivity index (χ2n) is 3.59. The summed E-state index contributed by atoms with van der Waals surface area (Å²) in [6.45, 7) is 3.36. The highest BCUT2D eigenvalue weighted by atomic mass is 16.5. The van der Waals surface area contributed by atoms with Crippen molar-refractivity contribution in [3.05, 3.63) is 24.3 Å². The molecule has 0 saturated carbocycles. The molecule has 1 fully saturated rings. The number of imidazole rings is 1. The summed E-state index contributed by atoms with van der Waals surface area (Å²) < 4.78 is 5.30. The zero-order valence-electron chi connectivity index (χ0n) is 8.36. The van der Waals surface area contributed by atoms with Gasteiger partial charge < -0.3 is 14.6 Å². The van der Waals surface area contributed by atoms with Crippen molar-refractivity contribution in [1.29, 1.82) is 0 Å². The van der Waals surface area contributed by atoms with Gasteiger partial charge in [0.2, 0.25) is 5.95 Å². The Kier molecular flexibility index (Phi) is 2.07. The Balaban J connectivity index is 1.96. The Hall–Kier alpha value is -1.55. The molecule has 0 unspecified atom stereocenters. The van der Waals surface area contributed by atoms with E-state index in [2.05, 4.69) is 20.9 Å². The van der Waals surface area contributed by atoms with Gasteiger partial charge in [-0.15, -0.1) is 0 Å². The molecular weight excluding hydrogens is 190 g/mol. The van der Waals surface area contributed by atoms with Gasteiger partial charge in [0.1, 0.15) is 0 Å². The van der Waals surface area contributed by atoms with Crippen molar-refractivity contribution in [2.45, 2.75) is 0 Å². The normalized spacial score (nSPS) is 17.2. The summed E-state index contributed by atoms with van der Waals surface area (Å²) in [6, 6.07) is 8.97. The molecule has 0 bridgehead atoms. The fourth-order valence-corrected chi connectivity index (χ4v) is 1.80. The van der Waals surface area contributed by atoms with Crippen LogP contribution in [0.3, 0.4) is 0 Å². The van der Waals surface area contributed by atoms with Crippen LogP contribution in [0.15, 0.2) is 18.2 Å². The number of aromatic nitrogens is 2. The molecule has 1 aromatic carbocycles. The van der Waals surface area contributed by atoms with Gasteiger partial charge in [0.05, 0.1) is 24.2 Å². The number of fused-ring (bicyclic) bond motifs is 1. The zero-order valence-corrected chi connectivity index (χ0v) is 8.36. The minimum Gasteiger partial charge on any atom is -0.378 e. The molecule has 0 amide bonds. The highest BCUT2D eigenvalue weighted by molar-refractivity contribution is 5.76. The first-order chi connectivity index (χ1) is 7.43. The minimum absolute atomic E-state index is 0.779. The maximum atomic E-state index is 5.30. The van der Waals surface area contributed by atoms with Crippen LogP contribution < -0.4 is 4.90 Å². The van der Waals surface area contributed by atoms with Crippen LogP contribution in [0.5, 0.6) is 0 Å². The van der Waals surface area contributed by atoms with E-state index in [1.54, 1.807) is 0 Å². The SMILES string of the molecule is [c]1cccc2[nH]c(N3CCOCC3)nc12. The Morgan fingerprint density at radius 1 is 1.40 bits per heavy atom. The van der Waals surface area contributed by atoms with Crippen molar-refractivity contribution < 1.29 is 4.74 Å². The molecule has 2 heterocycles. The minimum atomic E-state index is 0.779. The lowest BCUT2D eigenvalue weighted by Crippen LogP contribution is -2.36. The number of ether oxygens (including phenoxy) is 1. The van der Waals surface area contributed by atoms with E-state index in [0.717, 1.165) is 43.3 Å². The number of aromatic amines is 1. The lowest BCUT2D eigenvalue weighted by atomic mass is 10.3. The molecule has 1 aromatic heterocycles. The van der Waals surface area contributed by atoms with Crippen LogP contribution in [0, 0.1) is 6.07 Å². The first-order valence-corrected chi connectivity index (χ1v) is 5.12. The molecule has 1 N–H and O–H groups in total. The van der Waals surface area contributed by atoms with Gasteiger partial charge in [-0.1, -0.05) is 12.1 Å². The van der Waals surface area contributed by atoms with E-state index in [-0.39, 0.29) is 0 Å². The smallest absolute Gasteiger partial charge is 0.204 e. The van der Waals surface area contributed by atoms with Crippen LogP contribution in [0.1, 0.15) is 0 Å². The molecule has 1 saturated heterocycles. The average molecular weight is 202 g/mol. The Labute approximate surface area is 87.9 Å². The standard InChI is InChI=1S/C11H12N3O/c1-2-4-10-9(3-1)12-11(13-10)14-5-7-15-8-6-14/h1-3H,5-8H2,(H,12,13). The highest BCUT2D eigenvalue weighted by Crippen LogP contribution is 2.17. The maximum absolute atomic E-state index is 5.30. The van der Waals surface area contributed by atoms with Crippen LogP contribution in [-0.2, 0) is 4.74 Å². The Morgan fingerprint density at radius 3 is 3.07 bits per heavy atom. The van der Waals surface area contributed by atoms with E-state index >= 15 is 0 Å². The summed E-state index contributed by atoms with van der Waals surface area (Å²) in [7, 11) is 0.